The molecule has 0 heterocycles. The molecular weight excluding hydrogens is 294 g/mol. The Labute approximate surface area is 147 Å². The minimum Gasteiger partial charge on any atom is -0.366 e. The van der Waals surface area contributed by atoms with Crippen molar-refractivity contribution in [2.24, 2.45) is 0 Å². The zero-order valence-corrected chi connectivity index (χ0v) is 15.8. The van der Waals surface area contributed by atoms with Crippen molar-refractivity contribution in [3.8, 4) is 0 Å². The molecule has 2 unspecified atom stereocenters. The van der Waals surface area contributed by atoms with Crippen LogP contribution in [-0.2, 0) is 4.74 Å². The molecule has 0 bridgehead atoms. The summed E-state index contributed by atoms with van der Waals surface area (Å²) in [4.78, 5) is 0. The van der Waals surface area contributed by atoms with Crippen molar-refractivity contribution >= 4 is 0 Å². The molecule has 0 saturated heterocycles. The van der Waals surface area contributed by atoms with Crippen LogP contribution in [0, 0.1) is 0 Å². The van der Waals surface area contributed by atoms with Gasteiger partial charge in [-0.3, -0.25) is 0 Å². The predicted molar refractivity (Wildman–Crippen MR) is 102 cm³/mol. The van der Waals surface area contributed by atoms with Crippen LogP contribution in [0.25, 0.3) is 0 Å². The third-order valence-corrected chi connectivity index (χ3v) is 4.15. The van der Waals surface area contributed by atoms with Gasteiger partial charge < -0.3 is 10.1 Å². The average molecular weight is 325 g/mol. The standard InChI is InChI=1S/C22H31NO/c1-17(18-13-9-7-10-14-18)24-22(5,6)20(23-21(2,3)4)19-15-11-8-12-16-19/h7-17,20,23H,1-6H3. The van der Waals surface area contributed by atoms with E-state index in [1.165, 1.54) is 11.1 Å². The molecule has 2 nitrogen and oxygen atoms in total. The number of ether oxygens (including phenoxy) is 1. The molecular formula is C22H31NO. The van der Waals surface area contributed by atoms with Crippen LogP contribution in [0.5, 0.6) is 0 Å². The zero-order chi connectivity index (χ0) is 17.8. The summed E-state index contributed by atoms with van der Waals surface area (Å²) < 4.78 is 6.52. The van der Waals surface area contributed by atoms with E-state index in [0.717, 1.165) is 0 Å². The highest BCUT2D eigenvalue weighted by molar-refractivity contribution is 5.23. The molecule has 130 valence electrons. The minimum atomic E-state index is -0.357. The Kier molecular flexibility index (Phi) is 5.84. The number of benzene rings is 2. The highest BCUT2D eigenvalue weighted by Gasteiger charge is 2.35. The Morgan fingerprint density at radius 1 is 0.750 bits per heavy atom. The van der Waals surface area contributed by atoms with Gasteiger partial charge in [-0.1, -0.05) is 60.7 Å². The van der Waals surface area contributed by atoms with Gasteiger partial charge in [-0.15, -0.1) is 0 Å². The Balaban J connectivity index is 2.26. The van der Waals surface area contributed by atoms with Crippen LogP contribution in [0.2, 0.25) is 0 Å². The molecule has 2 aromatic rings. The van der Waals surface area contributed by atoms with E-state index in [0.29, 0.717) is 0 Å². The van der Waals surface area contributed by atoms with Gasteiger partial charge in [0.05, 0.1) is 17.7 Å². The van der Waals surface area contributed by atoms with Crippen molar-refractivity contribution in [3.63, 3.8) is 0 Å². The van der Waals surface area contributed by atoms with E-state index >= 15 is 0 Å². The molecule has 1 N–H and O–H groups in total. The molecule has 24 heavy (non-hydrogen) atoms. The van der Waals surface area contributed by atoms with Gasteiger partial charge >= 0.3 is 0 Å². The van der Waals surface area contributed by atoms with Gasteiger partial charge in [-0.2, -0.15) is 0 Å². The summed E-state index contributed by atoms with van der Waals surface area (Å²) >= 11 is 0. The highest BCUT2D eigenvalue weighted by atomic mass is 16.5. The lowest BCUT2D eigenvalue weighted by molar-refractivity contribution is -0.0923. The van der Waals surface area contributed by atoms with E-state index in [4.69, 9.17) is 4.74 Å². The molecule has 0 aliphatic rings. The molecule has 0 aliphatic heterocycles. The summed E-state index contributed by atoms with van der Waals surface area (Å²) in [6.07, 6.45) is 0.0363. The van der Waals surface area contributed by atoms with Crippen molar-refractivity contribution in [1.29, 1.82) is 0 Å². The molecule has 0 saturated carbocycles. The fraction of sp³-hybridized carbons (Fsp3) is 0.455. The van der Waals surface area contributed by atoms with Crippen LogP contribution in [0.4, 0.5) is 0 Å². The predicted octanol–water partition coefficient (Wildman–Crippen LogP) is 5.67. The van der Waals surface area contributed by atoms with E-state index in [1.54, 1.807) is 0 Å². The van der Waals surface area contributed by atoms with Crippen LogP contribution in [0.15, 0.2) is 60.7 Å². The van der Waals surface area contributed by atoms with E-state index in [9.17, 15) is 0 Å². The summed E-state index contributed by atoms with van der Waals surface area (Å²) in [5, 5.41) is 3.74. The second-order valence-corrected chi connectivity index (χ2v) is 8.01. The second-order valence-electron chi connectivity index (χ2n) is 8.01. The maximum atomic E-state index is 6.52. The zero-order valence-electron chi connectivity index (χ0n) is 15.8. The lowest BCUT2D eigenvalue weighted by Crippen LogP contribution is -2.49. The molecule has 0 aliphatic carbocycles. The number of nitrogens with one attached hydrogen (secondary N) is 1. The smallest absolute Gasteiger partial charge is 0.0828 e. The van der Waals surface area contributed by atoms with Gasteiger partial charge in [0.25, 0.3) is 0 Å². The first-order valence-electron chi connectivity index (χ1n) is 8.74. The lowest BCUT2D eigenvalue weighted by Gasteiger charge is -2.41. The Bertz CT molecular complexity index is 613. The maximum absolute atomic E-state index is 6.52. The number of hydrogen-bond acceptors (Lipinski definition) is 2. The SMILES string of the molecule is CC(OC(C)(C)C(NC(C)(C)C)c1ccccc1)c1ccccc1. The molecule has 2 rings (SSSR count). The van der Waals surface area contributed by atoms with E-state index < -0.39 is 0 Å². The molecule has 2 heteroatoms. The van der Waals surface area contributed by atoms with Crippen LogP contribution < -0.4 is 5.32 Å². The molecule has 2 atom stereocenters. The summed E-state index contributed by atoms with van der Waals surface area (Å²) in [7, 11) is 0. The fourth-order valence-corrected chi connectivity index (χ4v) is 3.05. The van der Waals surface area contributed by atoms with E-state index in [2.05, 4.69) is 101 Å². The quantitative estimate of drug-likeness (QED) is 0.738. The van der Waals surface area contributed by atoms with Crippen molar-refractivity contribution in [1.82, 2.24) is 5.32 Å². The lowest BCUT2D eigenvalue weighted by atomic mass is 9.88. The summed E-state index contributed by atoms with van der Waals surface area (Å²) in [5.74, 6) is 0. The normalized spacial score (nSPS) is 15.1. The summed E-state index contributed by atoms with van der Waals surface area (Å²) in [6.45, 7) is 13.0. The van der Waals surface area contributed by atoms with Gasteiger partial charge in [-0.05, 0) is 52.7 Å². The molecule has 0 radical (unpaired) electrons. The Hall–Kier alpha value is -1.64. The largest absolute Gasteiger partial charge is 0.366 e. The minimum absolute atomic E-state index is 0.00285. The average Bonchev–Trinajstić information content (AvgIpc) is 2.53. The van der Waals surface area contributed by atoms with Crippen molar-refractivity contribution in [2.75, 3.05) is 0 Å². The Morgan fingerprint density at radius 3 is 1.67 bits per heavy atom. The molecule has 0 spiro atoms. The van der Waals surface area contributed by atoms with Gasteiger partial charge in [0.1, 0.15) is 0 Å². The van der Waals surface area contributed by atoms with Gasteiger partial charge in [0, 0.05) is 5.54 Å². The van der Waals surface area contributed by atoms with Crippen molar-refractivity contribution < 1.29 is 4.74 Å². The van der Waals surface area contributed by atoms with Gasteiger partial charge in [0.15, 0.2) is 0 Å². The first-order chi connectivity index (χ1) is 11.2. The van der Waals surface area contributed by atoms with Crippen molar-refractivity contribution in [2.45, 2.75) is 64.8 Å². The molecule has 2 aromatic carbocycles. The number of rotatable bonds is 6. The van der Waals surface area contributed by atoms with Crippen LogP contribution in [0.3, 0.4) is 0 Å². The first-order valence-corrected chi connectivity index (χ1v) is 8.74. The van der Waals surface area contributed by atoms with Crippen LogP contribution in [0.1, 0.15) is 64.8 Å². The van der Waals surface area contributed by atoms with Crippen LogP contribution in [-0.4, -0.2) is 11.1 Å². The number of hydrogen-bond donors (Lipinski definition) is 1. The second kappa shape index (κ2) is 7.50. The third kappa shape index (κ3) is 5.19. The fourth-order valence-electron chi connectivity index (χ4n) is 3.05. The highest BCUT2D eigenvalue weighted by Crippen LogP contribution is 2.35. The first kappa shape index (κ1) is 18.7. The Morgan fingerprint density at radius 2 is 1.21 bits per heavy atom. The monoisotopic (exact) mass is 325 g/mol. The molecule has 0 aromatic heterocycles. The summed E-state index contributed by atoms with van der Waals surface area (Å²) in [6, 6.07) is 21.1. The molecule has 0 amide bonds. The maximum Gasteiger partial charge on any atom is 0.0828 e. The third-order valence-electron chi connectivity index (χ3n) is 4.15. The van der Waals surface area contributed by atoms with E-state index in [-0.39, 0.29) is 23.3 Å². The van der Waals surface area contributed by atoms with Crippen molar-refractivity contribution in [3.05, 3.63) is 71.8 Å². The van der Waals surface area contributed by atoms with E-state index in [1.807, 2.05) is 6.07 Å². The molecule has 0 fully saturated rings. The van der Waals surface area contributed by atoms with Crippen LogP contribution >= 0.6 is 0 Å². The summed E-state index contributed by atoms with van der Waals surface area (Å²) in [5.41, 5.74) is 2.09. The van der Waals surface area contributed by atoms with Gasteiger partial charge in [-0.25, -0.2) is 0 Å². The van der Waals surface area contributed by atoms with Gasteiger partial charge in [0.2, 0.25) is 0 Å². The topological polar surface area (TPSA) is 21.3 Å².